The van der Waals surface area contributed by atoms with Crippen LogP contribution in [0, 0.1) is 5.92 Å². The second-order valence-corrected chi connectivity index (χ2v) is 6.68. The van der Waals surface area contributed by atoms with Crippen LogP contribution in [0.3, 0.4) is 0 Å². The predicted molar refractivity (Wildman–Crippen MR) is 94.6 cm³/mol. The minimum atomic E-state index is -0.158. The number of aromatic nitrogens is 1. The van der Waals surface area contributed by atoms with Crippen molar-refractivity contribution in [3.63, 3.8) is 0 Å². The summed E-state index contributed by atoms with van der Waals surface area (Å²) in [6.45, 7) is 0.417. The highest BCUT2D eigenvalue weighted by Gasteiger charge is 2.24. The molecule has 5 nitrogen and oxygen atoms in total. The summed E-state index contributed by atoms with van der Waals surface area (Å²) in [6, 6.07) is 13.7. The number of rotatable bonds is 5. The minimum Gasteiger partial charge on any atom is -0.355 e. The molecule has 2 N–H and O–H groups in total. The number of nitrogens with zero attached hydrogens (tertiary/aromatic N) is 1. The van der Waals surface area contributed by atoms with Crippen LogP contribution in [-0.2, 0) is 15.3 Å². The average molecular weight is 341 g/mol. The van der Waals surface area contributed by atoms with Gasteiger partial charge in [-0.25, -0.2) is 4.98 Å². The van der Waals surface area contributed by atoms with E-state index >= 15 is 0 Å². The highest BCUT2D eigenvalue weighted by molar-refractivity contribution is 7.98. The molecule has 2 aromatic rings. The molecule has 1 fully saturated rings. The van der Waals surface area contributed by atoms with Crippen molar-refractivity contribution in [2.45, 2.75) is 23.6 Å². The predicted octanol–water partition coefficient (Wildman–Crippen LogP) is 2.84. The molecule has 6 heteroatoms. The van der Waals surface area contributed by atoms with Gasteiger partial charge < -0.3 is 10.6 Å². The number of pyridine rings is 1. The monoisotopic (exact) mass is 341 g/mol. The lowest BCUT2D eigenvalue weighted by molar-refractivity contribution is -0.126. The second-order valence-electron chi connectivity index (χ2n) is 5.69. The van der Waals surface area contributed by atoms with Gasteiger partial charge in [-0.15, -0.1) is 11.8 Å². The van der Waals surface area contributed by atoms with Gasteiger partial charge >= 0.3 is 0 Å². The van der Waals surface area contributed by atoms with E-state index in [4.69, 9.17) is 0 Å². The quantitative estimate of drug-likeness (QED) is 0.821. The van der Waals surface area contributed by atoms with Crippen LogP contribution < -0.4 is 10.6 Å². The Labute approximate surface area is 145 Å². The van der Waals surface area contributed by atoms with Gasteiger partial charge in [0.15, 0.2) is 0 Å². The molecule has 2 heterocycles. The maximum atomic E-state index is 12.3. The molecule has 1 aromatic heterocycles. The molecule has 0 unspecified atom stereocenters. The number of benzene rings is 1. The Morgan fingerprint density at radius 3 is 2.96 bits per heavy atom. The molecule has 0 radical (unpaired) electrons. The first-order valence-corrected chi connectivity index (χ1v) is 8.89. The lowest BCUT2D eigenvalue weighted by Crippen LogP contribution is -2.40. The van der Waals surface area contributed by atoms with Gasteiger partial charge in [0, 0.05) is 30.6 Å². The van der Waals surface area contributed by atoms with Crippen LogP contribution in [0.4, 0.5) is 5.69 Å². The third-order valence-corrected chi connectivity index (χ3v) is 4.87. The number of hydrogen-bond acceptors (Lipinski definition) is 4. The largest absolute Gasteiger partial charge is 0.355 e. The summed E-state index contributed by atoms with van der Waals surface area (Å²) < 4.78 is 0. The molecular formula is C18H19N3O2S. The van der Waals surface area contributed by atoms with E-state index < -0.39 is 0 Å². The Kier molecular flexibility index (Phi) is 5.48. The SMILES string of the molecule is O=C1CC[C@@H](C(=O)Nc2cccc(CSc3ccccn3)c2)CN1. The Hall–Kier alpha value is -2.34. The number of carbonyl (C=O) groups excluding carboxylic acids is 2. The third kappa shape index (κ3) is 4.58. The number of anilines is 1. The van der Waals surface area contributed by atoms with Gasteiger partial charge in [-0.2, -0.15) is 0 Å². The van der Waals surface area contributed by atoms with E-state index in [9.17, 15) is 9.59 Å². The number of piperidine rings is 1. The normalized spacial score (nSPS) is 17.2. The first kappa shape index (κ1) is 16.5. The third-order valence-electron chi connectivity index (χ3n) is 3.86. The molecule has 2 amide bonds. The number of amides is 2. The Bertz CT molecular complexity index is 711. The minimum absolute atomic E-state index is 0.0209. The maximum absolute atomic E-state index is 12.3. The molecule has 0 spiro atoms. The van der Waals surface area contributed by atoms with E-state index in [0.29, 0.717) is 19.4 Å². The zero-order chi connectivity index (χ0) is 16.8. The Balaban J connectivity index is 1.56. The molecule has 3 rings (SSSR count). The van der Waals surface area contributed by atoms with Gasteiger partial charge in [-0.1, -0.05) is 18.2 Å². The van der Waals surface area contributed by atoms with Crippen LogP contribution in [0.15, 0.2) is 53.7 Å². The summed E-state index contributed by atoms with van der Waals surface area (Å²) in [5, 5.41) is 6.67. The number of nitrogens with one attached hydrogen (secondary N) is 2. The van der Waals surface area contributed by atoms with Crippen molar-refractivity contribution in [1.29, 1.82) is 0 Å². The smallest absolute Gasteiger partial charge is 0.229 e. The first-order valence-electron chi connectivity index (χ1n) is 7.91. The fourth-order valence-electron chi connectivity index (χ4n) is 2.53. The van der Waals surface area contributed by atoms with Gasteiger partial charge in [-0.05, 0) is 36.2 Å². The van der Waals surface area contributed by atoms with Crippen molar-refractivity contribution in [2.75, 3.05) is 11.9 Å². The molecule has 0 saturated carbocycles. The second kappa shape index (κ2) is 7.97. The van der Waals surface area contributed by atoms with E-state index in [0.717, 1.165) is 22.0 Å². The number of carbonyl (C=O) groups is 2. The van der Waals surface area contributed by atoms with E-state index in [2.05, 4.69) is 15.6 Å². The van der Waals surface area contributed by atoms with E-state index in [-0.39, 0.29) is 17.7 Å². The molecule has 1 atom stereocenters. The van der Waals surface area contributed by atoms with Crippen molar-refractivity contribution >= 4 is 29.3 Å². The van der Waals surface area contributed by atoms with Crippen LogP contribution in [0.1, 0.15) is 18.4 Å². The topological polar surface area (TPSA) is 71.1 Å². The van der Waals surface area contributed by atoms with Crippen molar-refractivity contribution in [3.8, 4) is 0 Å². The van der Waals surface area contributed by atoms with Crippen LogP contribution in [0.5, 0.6) is 0 Å². The summed E-state index contributed by atoms with van der Waals surface area (Å²) in [5.41, 5.74) is 1.91. The molecule has 1 aliphatic heterocycles. The summed E-state index contributed by atoms with van der Waals surface area (Å²) >= 11 is 1.66. The highest BCUT2D eigenvalue weighted by atomic mass is 32.2. The van der Waals surface area contributed by atoms with Crippen LogP contribution in [0.25, 0.3) is 0 Å². The summed E-state index contributed by atoms with van der Waals surface area (Å²) in [4.78, 5) is 27.8. The van der Waals surface area contributed by atoms with Gasteiger partial charge in [0.2, 0.25) is 11.8 Å². The van der Waals surface area contributed by atoms with Crippen molar-refractivity contribution in [3.05, 3.63) is 54.2 Å². The zero-order valence-electron chi connectivity index (χ0n) is 13.2. The first-order chi connectivity index (χ1) is 11.7. The fraction of sp³-hybridized carbons (Fsp3) is 0.278. The molecule has 1 aromatic carbocycles. The summed E-state index contributed by atoms with van der Waals surface area (Å²) in [7, 11) is 0. The van der Waals surface area contributed by atoms with Gasteiger partial charge in [0.25, 0.3) is 0 Å². The number of hydrogen-bond donors (Lipinski definition) is 2. The molecule has 0 aliphatic carbocycles. The van der Waals surface area contributed by atoms with Gasteiger partial charge in [-0.3, -0.25) is 9.59 Å². The van der Waals surface area contributed by atoms with Crippen LogP contribution in [-0.4, -0.2) is 23.3 Å². The molecule has 124 valence electrons. The average Bonchev–Trinajstić information content (AvgIpc) is 2.62. The van der Waals surface area contributed by atoms with Crippen LogP contribution >= 0.6 is 11.8 Å². The highest BCUT2D eigenvalue weighted by Crippen LogP contribution is 2.22. The molecule has 1 aliphatic rings. The Morgan fingerprint density at radius 2 is 2.21 bits per heavy atom. The summed E-state index contributed by atoms with van der Waals surface area (Å²) in [6.07, 6.45) is 2.80. The van der Waals surface area contributed by atoms with E-state index in [1.807, 2.05) is 42.5 Å². The van der Waals surface area contributed by atoms with E-state index in [1.165, 1.54) is 0 Å². The molecule has 1 saturated heterocycles. The van der Waals surface area contributed by atoms with E-state index in [1.54, 1.807) is 18.0 Å². The summed E-state index contributed by atoms with van der Waals surface area (Å²) in [5.74, 6) is 0.617. The van der Waals surface area contributed by atoms with Gasteiger partial charge in [0.05, 0.1) is 10.9 Å². The molecule has 24 heavy (non-hydrogen) atoms. The zero-order valence-corrected chi connectivity index (χ0v) is 14.0. The standard InChI is InChI=1S/C18H19N3O2S/c22-16-8-7-14(11-20-16)18(23)21-15-5-3-4-13(10-15)12-24-17-6-1-2-9-19-17/h1-6,9-10,14H,7-8,11-12H2,(H,20,22)(H,21,23)/t14-/m1/s1. The fourth-order valence-corrected chi connectivity index (χ4v) is 3.33. The Morgan fingerprint density at radius 1 is 1.29 bits per heavy atom. The van der Waals surface area contributed by atoms with Crippen molar-refractivity contribution < 1.29 is 9.59 Å². The van der Waals surface area contributed by atoms with Gasteiger partial charge in [0.1, 0.15) is 0 Å². The lowest BCUT2D eigenvalue weighted by atomic mass is 9.98. The van der Waals surface area contributed by atoms with Crippen molar-refractivity contribution in [1.82, 2.24) is 10.3 Å². The maximum Gasteiger partial charge on any atom is 0.229 e. The van der Waals surface area contributed by atoms with Crippen molar-refractivity contribution in [2.24, 2.45) is 5.92 Å². The molecule has 0 bridgehead atoms. The lowest BCUT2D eigenvalue weighted by Gasteiger charge is -2.21. The number of thioether (sulfide) groups is 1. The molecular weight excluding hydrogens is 322 g/mol. The van der Waals surface area contributed by atoms with Crippen LogP contribution in [0.2, 0.25) is 0 Å².